The standard InChI is InChI=1S/C20H21FN2O5/c1-13-19(25)22(20(26)23(13)15-5-3-14(21)4-6-15)11-16(24)12-28-18-9-7-17(27-2)8-10-18/h3-10,13,16,24H,11-12H2,1-2H3/t13-,16-/m0/s1. The number of carbonyl (C=O) groups is 2. The van der Waals surface area contributed by atoms with Crippen LogP contribution in [0.3, 0.4) is 0 Å². The van der Waals surface area contributed by atoms with Gasteiger partial charge in [0, 0.05) is 5.69 Å². The molecule has 3 amide bonds. The number of ether oxygens (including phenoxy) is 2. The van der Waals surface area contributed by atoms with E-state index < -0.39 is 29.9 Å². The number of urea groups is 1. The Bertz CT molecular complexity index is 841. The summed E-state index contributed by atoms with van der Waals surface area (Å²) in [5.41, 5.74) is 0.415. The first-order valence-corrected chi connectivity index (χ1v) is 8.75. The fourth-order valence-corrected chi connectivity index (χ4v) is 2.96. The maximum atomic E-state index is 13.1. The van der Waals surface area contributed by atoms with E-state index in [2.05, 4.69) is 0 Å². The number of carbonyl (C=O) groups excluding carboxylic acids is 2. The van der Waals surface area contributed by atoms with Gasteiger partial charge >= 0.3 is 6.03 Å². The molecule has 3 rings (SSSR count). The number of halogens is 1. The van der Waals surface area contributed by atoms with Crippen molar-refractivity contribution in [2.24, 2.45) is 0 Å². The molecule has 0 unspecified atom stereocenters. The number of nitrogens with zero attached hydrogens (tertiary/aromatic N) is 2. The third-order valence-corrected chi connectivity index (χ3v) is 4.45. The van der Waals surface area contributed by atoms with E-state index in [4.69, 9.17) is 9.47 Å². The van der Waals surface area contributed by atoms with Crippen LogP contribution in [-0.4, -0.2) is 54.4 Å². The van der Waals surface area contributed by atoms with Crippen molar-refractivity contribution in [3.8, 4) is 11.5 Å². The second-order valence-electron chi connectivity index (χ2n) is 6.39. The van der Waals surface area contributed by atoms with Gasteiger partial charge in [0.1, 0.15) is 36.1 Å². The Morgan fingerprint density at radius 3 is 2.29 bits per heavy atom. The van der Waals surface area contributed by atoms with Gasteiger partial charge in [-0.05, 0) is 55.5 Å². The highest BCUT2D eigenvalue weighted by molar-refractivity contribution is 6.14. The summed E-state index contributed by atoms with van der Waals surface area (Å²) in [5, 5.41) is 10.2. The average Bonchev–Trinajstić information content (AvgIpc) is 2.91. The number of aliphatic hydroxyl groups excluding tert-OH is 1. The number of hydrogen-bond donors (Lipinski definition) is 1. The van der Waals surface area contributed by atoms with Crippen LogP contribution >= 0.6 is 0 Å². The smallest absolute Gasteiger partial charge is 0.332 e. The molecule has 0 aliphatic carbocycles. The molecule has 1 fully saturated rings. The Kier molecular flexibility index (Phi) is 5.79. The molecule has 1 aliphatic heterocycles. The van der Waals surface area contributed by atoms with Crippen LogP contribution in [0.5, 0.6) is 11.5 Å². The third kappa shape index (κ3) is 4.07. The van der Waals surface area contributed by atoms with E-state index >= 15 is 0 Å². The van der Waals surface area contributed by atoms with E-state index in [0.29, 0.717) is 17.2 Å². The van der Waals surface area contributed by atoms with E-state index in [-0.39, 0.29) is 13.2 Å². The van der Waals surface area contributed by atoms with Crippen LogP contribution in [-0.2, 0) is 4.79 Å². The summed E-state index contributed by atoms with van der Waals surface area (Å²) in [4.78, 5) is 27.4. The van der Waals surface area contributed by atoms with E-state index in [1.807, 2.05) is 0 Å². The van der Waals surface area contributed by atoms with Gasteiger partial charge in [0.15, 0.2) is 0 Å². The molecule has 8 heteroatoms. The van der Waals surface area contributed by atoms with Crippen molar-refractivity contribution in [2.75, 3.05) is 25.2 Å². The predicted octanol–water partition coefficient (Wildman–Crippen LogP) is 2.43. The molecule has 1 aliphatic rings. The number of β-amino-alcohol motifs (C(OH)–C–C–N with tert-alkyl or cyclic N) is 1. The van der Waals surface area contributed by atoms with Crippen LogP contribution in [0.25, 0.3) is 0 Å². The molecule has 0 aromatic heterocycles. The maximum Gasteiger partial charge on any atom is 0.332 e. The largest absolute Gasteiger partial charge is 0.497 e. The number of benzene rings is 2. The number of amides is 3. The van der Waals surface area contributed by atoms with Crippen molar-refractivity contribution in [3.63, 3.8) is 0 Å². The minimum absolute atomic E-state index is 0.0890. The number of methoxy groups -OCH3 is 1. The van der Waals surface area contributed by atoms with Crippen LogP contribution < -0.4 is 14.4 Å². The summed E-state index contributed by atoms with van der Waals surface area (Å²) >= 11 is 0. The molecule has 1 N–H and O–H groups in total. The molecular formula is C20H21FN2O5. The van der Waals surface area contributed by atoms with Crippen molar-refractivity contribution in [3.05, 3.63) is 54.3 Å². The van der Waals surface area contributed by atoms with Crippen LogP contribution in [0.1, 0.15) is 6.92 Å². The molecule has 28 heavy (non-hydrogen) atoms. The van der Waals surface area contributed by atoms with Gasteiger partial charge in [0.25, 0.3) is 5.91 Å². The zero-order valence-electron chi connectivity index (χ0n) is 15.5. The normalized spacial score (nSPS) is 17.8. The SMILES string of the molecule is COc1ccc(OC[C@@H](O)CN2C(=O)[C@H](C)N(c3ccc(F)cc3)C2=O)cc1. The van der Waals surface area contributed by atoms with Crippen molar-refractivity contribution in [2.45, 2.75) is 19.1 Å². The van der Waals surface area contributed by atoms with Gasteiger partial charge < -0.3 is 14.6 Å². The molecule has 0 saturated carbocycles. The van der Waals surface area contributed by atoms with Crippen molar-refractivity contribution in [1.82, 2.24) is 4.90 Å². The van der Waals surface area contributed by atoms with Gasteiger partial charge in [-0.15, -0.1) is 0 Å². The van der Waals surface area contributed by atoms with Gasteiger partial charge in [-0.25, -0.2) is 9.18 Å². The van der Waals surface area contributed by atoms with E-state index in [1.165, 1.54) is 29.2 Å². The number of rotatable bonds is 7. The van der Waals surface area contributed by atoms with Gasteiger partial charge in [-0.3, -0.25) is 14.6 Å². The van der Waals surface area contributed by atoms with Gasteiger partial charge in [0.05, 0.1) is 13.7 Å². The summed E-state index contributed by atoms with van der Waals surface area (Å²) < 4.78 is 23.7. The lowest BCUT2D eigenvalue weighted by molar-refractivity contribution is -0.128. The second kappa shape index (κ2) is 8.26. The highest BCUT2D eigenvalue weighted by atomic mass is 19.1. The maximum absolute atomic E-state index is 13.1. The zero-order chi connectivity index (χ0) is 20.3. The first-order valence-electron chi connectivity index (χ1n) is 8.75. The number of hydrogen-bond acceptors (Lipinski definition) is 5. The van der Waals surface area contributed by atoms with Crippen LogP contribution in [0, 0.1) is 5.82 Å². The Labute approximate surface area is 161 Å². The molecule has 7 nitrogen and oxygen atoms in total. The first kappa shape index (κ1) is 19.6. The molecule has 2 aromatic rings. The minimum Gasteiger partial charge on any atom is -0.497 e. The molecule has 0 radical (unpaired) electrons. The molecule has 2 aromatic carbocycles. The number of anilines is 1. The van der Waals surface area contributed by atoms with Crippen LogP contribution in [0.15, 0.2) is 48.5 Å². The van der Waals surface area contributed by atoms with Crippen LogP contribution in [0.2, 0.25) is 0 Å². The quantitative estimate of drug-likeness (QED) is 0.737. The molecule has 1 saturated heterocycles. The summed E-state index contributed by atoms with van der Waals surface area (Å²) in [6.45, 7) is 1.30. The van der Waals surface area contributed by atoms with Crippen molar-refractivity contribution >= 4 is 17.6 Å². The fourth-order valence-electron chi connectivity index (χ4n) is 2.96. The fraction of sp³-hybridized carbons (Fsp3) is 0.300. The summed E-state index contributed by atoms with van der Waals surface area (Å²) in [7, 11) is 1.56. The van der Waals surface area contributed by atoms with Gasteiger partial charge in [-0.1, -0.05) is 0 Å². The summed E-state index contributed by atoms with van der Waals surface area (Å²) in [6, 6.07) is 10.8. The zero-order valence-corrected chi connectivity index (χ0v) is 15.5. The average molecular weight is 388 g/mol. The highest BCUT2D eigenvalue weighted by Gasteiger charge is 2.43. The van der Waals surface area contributed by atoms with Crippen LogP contribution in [0.4, 0.5) is 14.9 Å². The molecule has 0 bridgehead atoms. The molecule has 148 valence electrons. The summed E-state index contributed by atoms with van der Waals surface area (Å²) in [5.74, 6) is 0.339. The lowest BCUT2D eigenvalue weighted by atomic mass is 10.2. The Morgan fingerprint density at radius 1 is 1.07 bits per heavy atom. The second-order valence-corrected chi connectivity index (χ2v) is 6.39. The van der Waals surface area contributed by atoms with E-state index in [1.54, 1.807) is 38.3 Å². The topological polar surface area (TPSA) is 79.3 Å². The molecule has 0 spiro atoms. The van der Waals surface area contributed by atoms with Gasteiger partial charge in [-0.2, -0.15) is 0 Å². The minimum atomic E-state index is -1.06. The van der Waals surface area contributed by atoms with Crippen molar-refractivity contribution < 1.29 is 28.6 Å². The monoisotopic (exact) mass is 388 g/mol. The first-order chi connectivity index (χ1) is 13.4. The molecule has 1 heterocycles. The number of aliphatic hydroxyl groups is 1. The Morgan fingerprint density at radius 2 is 1.68 bits per heavy atom. The van der Waals surface area contributed by atoms with Crippen molar-refractivity contribution in [1.29, 1.82) is 0 Å². The van der Waals surface area contributed by atoms with E-state index in [9.17, 15) is 19.1 Å². The predicted molar refractivity (Wildman–Crippen MR) is 99.9 cm³/mol. The number of imide groups is 1. The van der Waals surface area contributed by atoms with E-state index in [0.717, 1.165) is 4.90 Å². The Hall–Kier alpha value is -3.13. The highest BCUT2D eigenvalue weighted by Crippen LogP contribution is 2.26. The molecule has 2 atom stereocenters. The summed E-state index contributed by atoms with van der Waals surface area (Å²) in [6.07, 6.45) is -1.06. The Balaban J connectivity index is 1.61. The lowest BCUT2D eigenvalue weighted by Crippen LogP contribution is -2.40. The third-order valence-electron chi connectivity index (χ3n) is 4.45. The molecular weight excluding hydrogens is 367 g/mol. The lowest BCUT2D eigenvalue weighted by Gasteiger charge is -2.20. The van der Waals surface area contributed by atoms with Gasteiger partial charge in [0.2, 0.25) is 0 Å².